The van der Waals surface area contributed by atoms with E-state index in [0.29, 0.717) is 4.32 Å². The lowest BCUT2D eigenvalue weighted by atomic mass is 10.4. The van der Waals surface area contributed by atoms with Gasteiger partial charge in [0.25, 0.3) is 0 Å². The molecule has 1 aliphatic carbocycles. The van der Waals surface area contributed by atoms with E-state index in [1.165, 1.54) is 12.8 Å². The van der Waals surface area contributed by atoms with Gasteiger partial charge in [0.15, 0.2) is 0 Å². The van der Waals surface area contributed by atoms with E-state index in [9.17, 15) is 0 Å². The fourth-order valence-electron chi connectivity index (χ4n) is 0.999. The highest BCUT2D eigenvalue weighted by Gasteiger charge is 2.23. The molecule has 11 heavy (non-hydrogen) atoms. The first-order valence-electron chi connectivity index (χ1n) is 3.83. The van der Waals surface area contributed by atoms with Gasteiger partial charge in [0.05, 0.1) is 0 Å². The van der Waals surface area contributed by atoms with Crippen LogP contribution in [-0.2, 0) is 0 Å². The summed E-state index contributed by atoms with van der Waals surface area (Å²) in [5.41, 5.74) is 0. The number of nitrogens with zero attached hydrogens (tertiary/aromatic N) is 1. The number of thiol groups is 1. The van der Waals surface area contributed by atoms with E-state index in [1.54, 1.807) is 0 Å². The third-order valence-electron chi connectivity index (χ3n) is 1.80. The summed E-state index contributed by atoms with van der Waals surface area (Å²) in [5.74, 6) is 0.861. The molecule has 0 spiro atoms. The molecule has 0 aromatic carbocycles. The van der Waals surface area contributed by atoms with Crippen molar-refractivity contribution >= 4 is 29.2 Å². The van der Waals surface area contributed by atoms with Gasteiger partial charge in [-0.05, 0) is 18.8 Å². The summed E-state index contributed by atoms with van der Waals surface area (Å²) in [6.45, 7) is 5.57. The van der Waals surface area contributed by atoms with Crippen LogP contribution in [-0.4, -0.2) is 22.3 Å². The maximum absolute atomic E-state index is 4.97. The second kappa shape index (κ2) is 4.12. The van der Waals surface area contributed by atoms with E-state index in [0.717, 1.165) is 19.0 Å². The number of thiocarbonyl (C=S) groups is 1. The van der Waals surface area contributed by atoms with Gasteiger partial charge in [-0.25, -0.2) is 0 Å². The van der Waals surface area contributed by atoms with Crippen molar-refractivity contribution in [1.29, 1.82) is 0 Å². The zero-order chi connectivity index (χ0) is 8.27. The lowest BCUT2D eigenvalue weighted by molar-refractivity contribution is 0.452. The molecule has 0 aromatic rings. The molecule has 62 valence electrons. The molecule has 0 unspecified atom stereocenters. The molecule has 0 heterocycles. The van der Waals surface area contributed by atoms with Gasteiger partial charge in [0.1, 0.15) is 4.32 Å². The predicted octanol–water partition coefficient (Wildman–Crippen LogP) is 2.10. The zero-order valence-electron chi connectivity index (χ0n) is 6.49. The fraction of sp³-hybridized carbons (Fsp3) is 0.625. The van der Waals surface area contributed by atoms with Crippen molar-refractivity contribution in [3.8, 4) is 0 Å². The van der Waals surface area contributed by atoms with Gasteiger partial charge in [-0.2, -0.15) is 0 Å². The van der Waals surface area contributed by atoms with E-state index in [2.05, 4.69) is 24.1 Å². The average Bonchev–Trinajstić information content (AvgIpc) is 2.70. The van der Waals surface area contributed by atoms with Crippen molar-refractivity contribution in [3.05, 3.63) is 12.7 Å². The summed E-state index contributed by atoms with van der Waals surface area (Å²) in [7, 11) is 0. The minimum atomic E-state index is 0.691. The first-order valence-corrected chi connectivity index (χ1v) is 4.68. The molecular weight excluding hydrogens is 174 g/mol. The summed E-state index contributed by atoms with van der Waals surface area (Å²) in [6, 6.07) is 0. The summed E-state index contributed by atoms with van der Waals surface area (Å²) >= 11 is 9.11. The maximum Gasteiger partial charge on any atom is 0.133 e. The van der Waals surface area contributed by atoms with Gasteiger partial charge >= 0.3 is 0 Å². The fourth-order valence-corrected chi connectivity index (χ4v) is 1.31. The van der Waals surface area contributed by atoms with Crippen LogP contribution in [0.1, 0.15) is 12.8 Å². The summed E-state index contributed by atoms with van der Waals surface area (Å²) in [6.07, 6.45) is 4.57. The van der Waals surface area contributed by atoms with Crippen LogP contribution in [0.15, 0.2) is 12.7 Å². The molecule has 1 saturated carbocycles. The normalized spacial score (nSPS) is 16.1. The van der Waals surface area contributed by atoms with Gasteiger partial charge in [0, 0.05) is 13.1 Å². The average molecular weight is 187 g/mol. The van der Waals surface area contributed by atoms with Crippen molar-refractivity contribution in [2.45, 2.75) is 12.8 Å². The summed E-state index contributed by atoms with van der Waals surface area (Å²) < 4.78 is 0.691. The highest BCUT2D eigenvalue weighted by atomic mass is 32.1. The Kier molecular flexibility index (Phi) is 3.40. The van der Waals surface area contributed by atoms with Crippen molar-refractivity contribution in [2.75, 3.05) is 13.1 Å². The molecule has 0 N–H and O–H groups in total. The molecule has 0 aliphatic heterocycles. The zero-order valence-corrected chi connectivity index (χ0v) is 8.20. The highest BCUT2D eigenvalue weighted by Crippen LogP contribution is 2.29. The standard InChI is InChI=1S/C8H13NS2/c1-2-5-9(8(10)11)6-7-3-4-7/h2,7H,1,3-6H2,(H,10,11). The summed E-state index contributed by atoms with van der Waals surface area (Å²) in [5, 5.41) is 0. The molecule has 1 fully saturated rings. The molecule has 1 aliphatic rings. The van der Waals surface area contributed by atoms with Crippen LogP contribution in [0.5, 0.6) is 0 Å². The Labute approximate surface area is 78.9 Å². The molecule has 0 amide bonds. The minimum absolute atomic E-state index is 0.691. The number of hydrogen-bond donors (Lipinski definition) is 1. The van der Waals surface area contributed by atoms with E-state index in [4.69, 9.17) is 12.2 Å². The van der Waals surface area contributed by atoms with Crippen LogP contribution in [0.4, 0.5) is 0 Å². The van der Waals surface area contributed by atoms with E-state index >= 15 is 0 Å². The molecule has 0 saturated heterocycles. The van der Waals surface area contributed by atoms with Crippen LogP contribution in [0.2, 0.25) is 0 Å². The Bertz CT molecular complexity index is 163. The number of rotatable bonds is 4. The van der Waals surface area contributed by atoms with E-state index in [1.807, 2.05) is 6.08 Å². The van der Waals surface area contributed by atoms with E-state index in [-0.39, 0.29) is 0 Å². The quantitative estimate of drug-likeness (QED) is 0.408. The third kappa shape index (κ3) is 3.25. The van der Waals surface area contributed by atoms with Crippen LogP contribution in [0, 0.1) is 5.92 Å². The SMILES string of the molecule is C=CCN(CC1CC1)C(=S)S. The topological polar surface area (TPSA) is 3.24 Å². The van der Waals surface area contributed by atoms with E-state index < -0.39 is 0 Å². The maximum atomic E-state index is 4.97. The Hall–Kier alpha value is -0.0200. The Balaban J connectivity index is 2.30. The van der Waals surface area contributed by atoms with Gasteiger partial charge in [-0.15, -0.1) is 19.2 Å². The highest BCUT2D eigenvalue weighted by molar-refractivity contribution is 8.10. The van der Waals surface area contributed by atoms with Crippen molar-refractivity contribution in [3.63, 3.8) is 0 Å². The van der Waals surface area contributed by atoms with Gasteiger partial charge in [0.2, 0.25) is 0 Å². The van der Waals surface area contributed by atoms with Crippen LogP contribution >= 0.6 is 24.8 Å². The van der Waals surface area contributed by atoms with Gasteiger partial charge < -0.3 is 4.90 Å². The molecule has 0 radical (unpaired) electrons. The Morgan fingerprint density at radius 3 is 2.73 bits per heavy atom. The number of hydrogen-bond acceptors (Lipinski definition) is 1. The minimum Gasteiger partial charge on any atom is -0.354 e. The largest absolute Gasteiger partial charge is 0.354 e. The van der Waals surface area contributed by atoms with Crippen LogP contribution in [0.25, 0.3) is 0 Å². The predicted molar refractivity (Wildman–Crippen MR) is 56.1 cm³/mol. The molecular formula is C8H13NS2. The monoisotopic (exact) mass is 187 g/mol. The smallest absolute Gasteiger partial charge is 0.133 e. The molecule has 3 heteroatoms. The Morgan fingerprint density at radius 2 is 2.36 bits per heavy atom. The van der Waals surface area contributed by atoms with Crippen LogP contribution < -0.4 is 0 Å². The molecule has 1 rings (SSSR count). The lowest BCUT2D eigenvalue weighted by Gasteiger charge is -2.20. The van der Waals surface area contributed by atoms with Gasteiger partial charge in [-0.3, -0.25) is 0 Å². The summed E-state index contributed by atoms with van der Waals surface area (Å²) in [4.78, 5) is 2.09. The first kappa shape index (κ1) is 9.07. The third-order valence-corrected chi connectivity index (χ3v) is 2.34. The second-order valence-corrected chi connectivity index (χ2v) is 4.03. The lowest BCUT2D eigenvalue weighted by Crippen LogP contribution is -2.28. The second-order valence-electron chi connectivity index (χ2n) is 2.92. The molecule has 0 bridgehead atoms. The van der Waals surface area contributed by atoms with Crippen molar-refractivity contribution in [1.82, 2.24) is 4.90 Å². The Morgan fingerprint density at radius 1 is 1.73 bits per heavy atom. The first-order chi connectivity index (χ1) is 5.24. The van der Waals surface area contributed by atoms with Gasteiger partial charge in [-0.1, -0.05) is 18.3 Å². The molecule has 1 nitrogen and oxygen atoms in total. The van der Waals surface area contributed by atoms with Crippen molar-refractivity contribution < 1.29 is 0 Å². The van der Waals surface area contributed by atoms with Crippen LogP contribution in [0.3, 0.4) is 0 Å². The molecule has 0 atom stereocenters. The molecule has 0 aromatic heterocycles. The van der Waals surface area contributed by atoms with Crippen molar-refractivity contribution in [2.24, 2.45) is 5.92 Å².